The molecule has 1 atom stereocenters. The summed E-state index contributed by atoms with van der Waals surface area (Å²) in [5.74, 6) is 1.81. The Hall–Kier alpha value is -3.02. The van der Waals surface area contributed by atoms with E-state index in [1.165, 1.54) is 18.4 Å². The number of likely N-dealkylation sites (N-methyl/N-ethyl adjacent to an activating group) is 1. The molecule has 0 saturated carbocycles. The number of halogens is 1. The van der Waals surface area contributed by atoms with Crippen molar-refractivity contribution >= 4 is 17.5 Å². The summed E-state index contributed by atoms with van der Waals surface area (Å²) in [6.45, 7) is 1.94. The molecule has 5 nitrogen and oxygen atoms in total. The van der Waals surface area contributed by atoms with Gasteiger partial charge in [-0.15, -0.1) is 0 Å². The van der Waals surface area contributed by atoms with Gasteiger partial charge in [0.25, 0.3) is 5.91 Å². The number of carbonyl (C=O) groups is 1. The van der Waals surface area contributed by atoms with Crippen molar-refractivity contribution in [2.75, 3.05) is 34.3 Å². The second-order valence-electron chi connectivity index (χ2n) is 11.0. The lowest BCUT2D eigenvalue weighted by Crippen LogP contribution is -2.55. The monoisotopic (exact) mass is 551 g/mol. The lowest BCUT2D eigenvalue weighted by molar-refractivity contribution is -0.886. The summed E-state index contributed by atoms with van der Waals surface area (Å²) in [5.41, 5.74) is 2.24. The normalized spacial score (nSPS) is 12.1. The van der Waals surface area contributed by atoms with Crippen molar-refractivity contribution in [3.63, 3.8) is 0 Å². The van der Waals surface area contributed by atoms with Gasteiger partial charge in [0.1, 0.15) is 18.1 Å². The molecule has 0 radical (unpaired) electrons. The van der Waals surface area contributed by atoms with Crippen molar-refractivity contribution in [1.82, 2.24) is 5.32 Å². The highest BCUT2D eigenvalue weighted by Gasteiger charge is 2.31. The standard InChI is InChI=1S/C33H43ClN2O3/c1-36(2,3)32(25-27-14-9-8-10-15-27)33(37)35-22-11-6-4-5-7-12-23-38-30-18-20-31(21-19-30)39-26-28-16-13-17-29(34)24-28/h8-10,13-21,24,32H,4-7,11-12,22-23,25-26H2,1-3H3/p+1/t32-/m0/s1. The van der Waals surface area contributed by atoms with E-state index in [4.69, 9.17) is 21.1 Å². The maximum absolute atomic E-state index is 12.9. The highest BCUT2D eigenvalue weighted by atomic mass is 35.5. The predicted octanol–water partition coefficient (Wildman–Crippen LogP) is 7.07. The van der Waals surface area contributed by atoms with Gasteiger partial charge in [0.2, 0.25) is 0 Å². The SMILES string of the molecule is C[N+](C)(C)[C@@H](Cc1ccccc1)C(=O)NCCCCCCCCOc1ccc(OCc2cccc(Cl)c2)cc1. The summed E-state index contributed by atoms with van der Waals surface area (Å²) in [7, 11) is 6.26. The Labute approximate surface area is 239 Å². The fourth-order valence-electron chi connectivity index (χ4n) is 4.43. The molecule has 3 aromatic carbocycles. The van der Waals surface area contributed by atoms with Crippen molar-refractivity contribution in [3.05, 3.63) is 95.0 Å². The zero-order valence-electron chi connectivity index (χ0n) is 23.7. The van der Waals surface area contributed by atoms with Crippen LogP contribution in [-0.4, -0.2) is 50.7 Å². The molecule has 1 N–H and O–H groups in total. The molecule has 0 aliphatic rings. The first kappa shape index (κ1) is 30.5. The quantitative estimate of drug-likeness (QED) is 0.144. The highest BCUT2D eigenvalue weighted by molar-refractivity contribution is 6.30. The zero-order chi connectivity index (χ0) is 27.9. The predicted molar refractivity (Wildman–Crippen MR) is 160 cm³/mol. The van der Waals surface area contributed by atoms with Crippen molar-refractivity contribution in [2.24, 2.45) is 0 Å². The largest absolute Gasteiger partial charge is 0.494 e. The Balaban J connectivity index is 1.21. The van der Waals surface area contributed by atoms with Gasteiger partial charge in [-0.2, -0.15) is 0 Å². The van der Waals surface area contributed by atoms with Gasteiger partial charge in [-0.25, -0.2) is 0 Å². The lowest BCUT2D eigenvalue weighted by atomic mass is 10.0. The molecule has 0 aliphatic carbocycles. The maximum atomic E-state index is 12.9. The Morgan fingerprint density at radius 3 is 2.05 bits per heavy atom. The summed E-state index contributed by atoms with van der Waals surface area (Å²) >= 11 is 6.02. The number of rotatable bonds is 17. The van der Waals surface area contributed by atoms with Gasteiger partial charge in [0, 0.05) is 18.0 Å². The highest BCUT2D eigenvalue weighted by Crippen LogP contribution is 2.20. The lowest BCUT2D eigenvalue weighted by Gasteiger charge is -2.33. The van der Waals surface area contributed by atoms with E-state index >= 15 is 0 Å². The fraction of sp³-hybridized carbons (Fsp3) is 0.424. The van der Waals surface area contributed by atoms with E-state index in [0.717, 1.165) is 55.7 Å². The van der Waals surface area contributed by atoms with Crippen LogP contribution in [0.3, 0.4) is 0 Å². The number of unbranched alkanes of at least 4 members (excludes halogenated alkanes) is 5. The molecule has 1 amide bonds. The van der Waals surface area contributed by atoms with Gasteiger partial charge in [0.05, 0.1) is 27.7 Å². The van der Waals surface area contributed by atoms with E-state index in [2.05, 4.69) is 38.6 Å². The number of hydrogen-bond donors (Lipinski definition) is 1. The molecule has 0 heterocycles. The third-order valence-corrected chi connectivity index (χ3v) is 7.00. The van der Waals surface area contributed by atoms with Gasteiger partial charge in [0.15, 0.2) is 6.04 Å². The number of quaternary nitrogens is 1. The molecule has 39 heavy (non-hydrogen) atoms. The average Bonchev–Trinajstić information content (AvgIpc) is 2.92. The summed E-state index contributed by atoms with van der Waals surface area (Å²) in [5, 5.41) is 3.89. The van der Waals surface area contributed by atoms with E-state index in [9.17, 15) is 4.79 Å². The first-order valence-corrected chi connectivity index (χ1v) is 14.4. The Morgan fingerprint density at radius 2 is 1.38 bits per heavy atom. The summed E-state index contributed by atoms with van der Waals surface area (Å²) in [4.78, 5) is 12.9. The first-order valence-electron chi connectivity index (χ1n) is 14.0. The zero-order valence-corrected chi connectivity index (χ0v) is 24.5. The van der Waals surface area contributed by atoms with Crippen molar-refractivity contribution in [3.8, 4) is 11.5 Å². The van der Waals surface area contributed by atoms with E-state index in [1.54, 1.807) is 0 Å². The molecule has 0 bridgehead atoms. The molecule has 0 unspecified atom stereocenters. The molecular weight excluding hydrogens is 508 g/mol. The van der Waals surface area contributed by atoms with Crippen LogP contribution in [0, 0.1) is 0 Å². The maximum Gasteiger partial charge on any atom is 0.278 e. The molecule has 0 aromatic heterocycles. The van der Waals surface area contributed by atoms with Crippen molar-refractivity contribution < 1.29 is 18.8 Å². The van der Waals surface area contributed by atoms with Crippen molar-refractivity contribution in [2.45, 2.75) is 57.6 Å². The number of nitrogens with one attached hydrogen (secondary N) is 1. The molecule has 0 aliphatic heterocycles. The molecular formula is C33H44ClN2O3+. The molecule has 0 spiro atoms. The molecule has 0 fully saturated rings. The smallest absolute Gasteiger partial charge is 0.278 e. The second kappa shape index (κ2) is 16.2. The van der Waals surface area contributed by atoms with Crippen LogP contribution in [0.25, 0.3) is 0 Å². The van der Waals surface area contributed by atoms with E-state index in [-0.39, 0.29) is 11.9 Å². The van der Waals surface area contributed by atoms with Gasteiger partial charge >= 0.3 is 0 Å². The number of amides is 1. The minimum Gasteiger partial charge on any atom is -0.494 e. The van der Waals surface area contributed by atoms with Crippen molar-refractivity contribution in [1.29, 1.82) is 0 Å². The summed E-state index contributed by atoms with van der Waals surface area (Å²) in [6, 6.07) is 25.6. The van der Waals surface area contributed by atoms with E-state index < -0.39 is 0 Å². The number of carbonyl (C=O) groups excluding carboxylic acids is 1. The Morgan fingerprint density at radius 1 is 0.769 bits per heavy atom. The topological polar surface area (TPSA) is 47.6 Å². The summed E-state index contributed by atoms with van der Waals surface area (Å²) < 4.78 is 12.3. The van der Waals surface area contributed by atoms with Crippen LogP contribution in [0.15, 0.2) is 78.9 Å². The minimum absolute atomic E-state index is 0.0926. The van der Waals surface area contributed by atoms with Crippen LogP contribution in [-0.2, 0) is 17.8 Å². The molecule has 3 aromatic rings. The number of nitrogens with zero attached hydrogens (tertiary/aromatic N) is 1. The fourth-order valence-corrected chi connectivity index (χ4v) is 4.65. The Bertz CT molecular complexity index is 1110. The van der Waals surface area contributed by atoms with Crippen LogP contribution >= 0.6 is 11.6 Å². The number of hydrogen-bond acceptors (Lipinski definition) is 3. The number of benzene rings is 3. The Kier molecular flexibility index (Phi) is 12.7. The number of ether oxygens (including phenoxy) is 2. The van der Waals surface area contributed by atoms with Crippen LogP contribution in [0.2, 0.25) is 5.02 Å². The first-order chi connectivity index (χ1) is 18.8. The minimum atomic E-state index is -0.0926. The van der Waals surface area contributed by atoms with Gasteiger partial charge < -0.3 is 19.3 Å². The van der Waals surface area contributed by atoms with Crippen LogP contribution < -0.4 is 14.8 Å². The molecule has 210 valence electrons. The molecule has 0 saturated heterocycles. The summed E-state index contributed by atoms with van der Waals surface area (Å²) in [6.07, 6.45) is 7.44. The average molecular weight is 552 g/mol. The second-order valence-corrected chi connectivity index (χ2v) is 11.4. The van der Waals surface area contributed by atoms with Gasteiger partial charge in [-0.3, -0.25) is 4.79 Å². The van der Waals surface area contributed by atoms with Crippen LogP contribution in [0.4, 0.5) is 0 Å². The van der Waals surface area contributed by atoms with Gasteiger partial charge in [-0.05, 0) is 60.4 Å². The van der Waals surface area contributed by atoms with Crippen LogP contribution in [0.5, 0.6) is 11.5 Å². The van der Waals surface area contributed by atoms with E-state index in [1.807, 2.05) is 66.7 Å². The van der Waals surface area contributed by atoms with Crippen LogP contribution in [0.1, 0.15) is 49.7 Å². The molecule has 6 heteroatoms. The van der Waals surface area contributed by atoms with Gasteiger partial charge in [-0.1, -0.05) is 79.7 Å². The molecule has 3 rings (SSSR count). The third-order valence-electron chi connectivity index (χ3n) is 6.77. The van der Waals surface area contributed by atoms with E-state index in [0.29, 0.717) is 22.7 Å². The third kappa shape index (κ3) is 11.7.